The highest BCUT2D eigenvalue weighted by atomic mass is 19.4. The SMILES string of the molecule is C.CC.COC(=O)c1cc(C(=O)C(F)(F)F)nc(-c2ccc(F)c(C)c2)c1. The molecule has 1 aromatic carbocycles. The Bertz CT molecular complexity index is 817. The fourth-order valence-corrected chi connectivity index (χ4v) is 1.98. The average Bonchev–Trinajstić information content (AvgIpc) is 2.63. The van der Waals surface area contributed by atoms with Gasteiger partial charge in [0, 0.05) is 5.56 Å². The van der Waals surface area contributed by atoms with Gasteiger partial charge in [0.25, 0.3) is 5.78 Å². The van der Waals surface area contributed by atoms with Gasteiger partial charge in [-0.2, -0.15) is 13.2 Å². The minimum Gasteiger partial charge on any atom is -0.465 e. The van der Waals surface area contributed by atoms with Gasteiger partial charge in [-0.15, -0.1) is 0 Å². The second kappa shape index (κ2) is 9.80. The van der Waals surface area contributed by atoms with Crippen LogP contribution in [0.15, 0.2) is 30.3 Å². The maximum absolute atomic E-state index is 13.3. The standard InChI is InChI=1S/C16H11F4NO3.C2H6.CH4/c1-8-5-9(3-4-11(8)17)12-6-10(15(23)24-2)7-13(21-12)14(22)16(18,19)20;1-2;/h3-7H,1-2H3;1-2H3;1H4. The zero-order valence-electron chi connectivity index (χ0n) is 14.6. The number of carbonyl (C=O) groups is 2. The van der Waals surface area contributed by atoms with Crippen molar-refractivity contribution in [3.63, 3.8) is 0 Å². The molecule has 0 amide bonds. The number of nitrogens with zero attached hydrogens (tertiary/aromatic N) is 1. The van der Waals surface area contributed by atoms with Crippen molar-refractivity contribution in [1.82, 2.24) is 4.98 Å². The largest absolute Gasteiger partial charge is 0.465 e. The Morgan fingerprint density at radius 1 is 1.07 bits per heavy atom. The van der Waals surface area contributed by atoms with E-state index in [1.165, 1.54) is 25.1 Å². The summed E-state index contributed by atoms with van der Waals surface area (Å²) >= 11 is 0. The predicted molar refractivity (Wildman–Crippen MR) is 94.2 cm³/mol. The molecule has 0 aliphatic carbocycles. The van der Waals surface area contributed by atoms with Gasteiger partial charge >= 0.3 is 12.1 Å². The fourth-order valence-electron chi connectivity index (χ4n) is 1.98. The number of Topliss-reactive ketones (excluding diaryl/α,β-unsaturated/α-hetero) is 1. The van der Waals surface area contributed by atoms with Crippen LogP contribution in [0.1, 0.15) is 47.7 Å². The minimum atomic E-state index is -5.14. The van der Waals surface area contributed by atoms with Gasteiger partial charge in [0.2, 0.25) is 0 Å². The van der Waals surface area contributed by atoms with Crippen LogP contribution in [0.4, 0.5) is 17.6 Å². The molecule has 8 heteroatoms. The van der Waals surface area contributed by atoms with E-state index in [1.54, 1.807) is 0 Å². The van der Waals surface area contributed by atoms with Crippen LogP contribution in [0.2, 0.25) is 0 Å². The number of aryl methyl sites for hydroxylation is 1. The van der Waals surface area contributed by atoms with Gasteiger partial charge in [0.05, 0.1) is 18.4 Å². The number of benzene rings is 1. The average molecular weight is 387 g/mol. The van der Waals surface area contributed by atoms with Gasteiger partial charge < -0.3 is 4.74 Å². The number of esters is 1. The number of pyridine rings is 1. The van der Waals surface area contributed by atoms with Crippen molar-refractivity contribution in [2.24, 2.45) is 0 Å². The summed E-state index contributed by atoms with van der Waals surface area (Å²) in [6.45, 7) is 5.46. The second-order valence-electron chi connectivity index (χ2n) is 4.91. The van der Waals surface area contributed by atoms with Crippen LogP contribution in [0.3, 0.4) is 0 Å². The molecule has 0 saturated carbocycles. The minimum absolute atomic E-state index is 0. The van der Waals surface area contributed by atoms with Crippen LogP contribution in [0, 0.1) is 12.7 Å². The molecule has 0 radical (unpaired) electrons. The molecule has 27 heavy (non-hydrogen) atoms. The van der Waals surface area contributed by atoms with E-state index in [-0.39, 0.29) is 29.8 Å². The zero-order valence-corrected chi connectivity index (χ0v) is 14.6. The van der Waals surface area contributed by atoms with Crippen molar-refractivity contribution >= 4 is 11.8 Å². The third kappa shape index (κ3) is 5.87. The quantitative estimate of drug-likeness (QED) is 0.403. The summed E-state index contributed by atoms with van der Waals surface area (Å²) in [6.07, 6.45) is -5.14. The number of alkyl halides is 3. The van der Waals surface area contributed by atoms with Crippen LogP contribution in [0.25, 0.3) is 11.3 Å². The highest BCUT2D eigenvalue weighted by molar-refractivity contribution is 6.01. The van der Waals surface area contributed by atoms with E-state index in [1.807, 2.05) is 13.8 Å². The number of ketones is 1. The number of carbonyl (C=O) groups excluding carboxylic acids is 2. The van der Waals surface area contributed by atoms with Crippen molar-refractivity contribution in [1.29, 1.82) is 0 Å². The molecule has 1 heterocycles. The number of rotatable bonds is 3. The van der Waals surface area contributed by atoms with Gasteiger partial charge in [-0.05, 0) is 42.8 Å². The number of aromatic nitrogens is 1. The van der Waals surface area contributed by atoms with Crippen LogP contribution < -0.4 is 0 Å². The Hall–Kier alpha value is -2.77. The van der Waals surface area contributed by atoms with Crippen molar-refractivity contribution in [3.05, 3.63) is 53.0 Å². The smallest absolute Gasteiger partial charge is 0.456 e. The number of halogens is 4. The highest BCUT2D eigenvalue weighted by Gasteiger charge is 2.40. The van der Waals surface area contributed by atoms with E-state index in [0.717, 1.165) is 13.2 Å². The number of hydrogen-bond donors (Lipinski definition) is 0. The fraction of sp³-hybridized carbons (Fsp3) is 0.316. The molecule has 4 nitrogen and oxygen atoms in total. The van der Waals surface area contributed by atoms with E-state index in [9.17, 15) is 27.2 Å². The monoisotopic (exact) mass is 387 g/mol. The van der Waals surface area contributed by atoms with E-state index in [4.69, 9.17) is 0 Å². The molecule has 2 aromatic rings. The van der Waals surface area contributed by atoms with Crippen molar-refractivity contribution in [3.8, 4) is 11.3 Å². The zero-order chi connectivity index (χ0) is 20.1. The summed E-state index contributed by atoms with van der Waals surface area (Å²) in [6, 6.07) is 5.63. The maximum atomic E-state index is 13.3. The second-order valence-corrected chi connectivity index (χ2v) is 4.91. The lowest BCUT2D eigenvalue weighted by Crippen LogP contribution is -2.24. The molecule has 0 spiro atoms. The third-order valence-corrected chi connectivity index (χ3v) is 3.19. The van der Waals surface area contributed by atoms with Crippen LogP contribution in [-0.4, -0.2) is 30.0 Å². The lowest BCUT2D eigenvalue weighted by Gasteiger charge is -2.10. The van der Waals surface area contributed by atoms with Crippen molar-refractivity contribution in [2.45, 2.75) is 34.4 Å². The van der Waals surface area contributed by atoms with E-state index in [2.05, 4.69) is 9.72 Å². The first kappa shape index (κ1) is 24.2. The lowest BCUT2D eigenvalue weighted by molar-refractivity contribution is -0.0888. The Labute approximate surface area is 155 Å². The van der Waals surface area contributed by atoms with E-state index >= 15 is 0 Å². The van der Waals surface area contributed by atoms with Gasteiger partial charge in [-0.25, -0.2) is 14.2 Å². The molecule has 0 bridgehead atoms. The lowest BCUT2D eigenvalue weighted by atomic mass is 10.0. The first-order valence-electron chi connectivity index (χ1n) is 7.62. The Kier molecular flexibility index (Phi) is 8.79. The summed E-state index contributed by atoms with van der Waals surface area (Å²) < 4.78 is 55.8. The molecule has 1 aromatic heterocycles. The topological polar surface area (TPSA) is 56.3 Å². The van der Waals surface area contributed by atoms with Crippen LogP contribution in [0.5, 0.6) is 0 Å². The molecule has 0 aliphatic heterocycles. The molecule has 148 valence electrons. The van der Waals surface area contributed by atoms with Gasteiger partial charge in [-0.1, -0.05) is 21.3 Å². The first-order valence-corrected chi connectivity index (χ1v) is 7.62. The number of hydrogen-bond acceptors (Lipinski definition) is 4. The molecule has 0 aliphatic rings. The number of ether oxygens (including phenoxy) is 1. The van der Waals surface area contributed by atoms with Gasteiger partial charge in [0.1, 0.15) is 11.5 Å². The first-order chi connectivity index (χ1) is 12.1. The summed E-state index contributed by atoms with van der Waals surface area (Å²) in [7, 11) is 1.05. The third-order valence-electron chi connectivity index (χ3n) is 3.19. The van der Waals surface area contributed by atoms with Crippen LogP contribution >= 0.6 is 0 Å². The van der Waals surface area contributed by atoms with Gasteiger partial charge in [0.15, 0.2) is 0 Å². The summed E-state index contributed by atoms with van der Waals surface area (Å²) in [5, 5.41) is 0. The predicted octanol–water partition coefficient (Wildman–Crippen LogP) is 5.39. The number of methoxy groups -OCH3 is 1. The molecule has 0 N–H and O–H groups in total. The Balaban J connectivity index is 0.00000218. The van der Waals surface area contributed by atoms with Crippen molar-refractivity contribution < 1.29 is 31.9 Å². The molecule has 0 unspecified atom stereocenters. The normalized spacial score (nSPS) is 10.2. The van der Waals surface area contributed by atoms with Crippen molar-refractivity contribution in [2.75, 3.05) is 7.11 Å². The van der Waals surface area contributed by atoms with Gasteiger partial charge in [-0.3, -0.25) is 4.79 Å². The highest BCUT2D eigenvalue weighted by Crippen LogP contribution is 2.26. The maximum Gasteiger partial charge on any atom is 0.456 e. The molecular formula is C19H21F4NO3. The molecule has 0 atom stereocenters. The molecule has 2 rings (SSSR count). The van der Waals surface area contributed by atoms with Crippen LogP contribution in [-0.2, 0) is 4.74 Å². The molecule has 0 fully saturated rings. The van der Waals surface area contributed by atoms with E-state index < -0.39 is 29.4 Å². The molecule has 0 saturated heterocycles. The van der Waals surface area contributed by atoms with E-state index in [0.29, 0.717) is 6.07 Å². The summed E-state index contributed by atoms with van der Waals surface area (Å²) in [4.78, 5) is 26.7. The molecular weight excluding hydrogens is 366 g/mol. The Morgan fingerprint density at radius 3 is 2.15 bits per heavy atom. The summed E-state index contributed by atoms with van der Waals surface area (Å²) in [5.41, 5.74) is -0.787. The Morgan fingerprint density at radius 2 is 1.67 bits per heavy atom. The summed E-state index contributed by atoms with van der Waals surface area (Å²) in [5.74, 6) is -3.61.